The van der Waals surface area contributed by atoms with Gasteiger partial charge in [-0.05, 0) is 43.0 Å². The number of phenolic OH excluding ortho intramolecular Hbond substituents is 1. The van der Waals surface area contributed by atoms with Gasteiger partial charge in [-0.15, -0.1) is 0 Å². The van der Waals surface area contributed by atoms with Crippen LogP contribution in [0.3, 0.4) is 0 Å². The monoisotopic (exact) mass is 511 g/mol. The Kier molecular flexibility index (Phi) is 8.30. The predicted octanol–water partition coefficient (Wildman–Crippen LogP) is 2.09. The molecule has 2 unspecified atom stereocenters. The van der Waals surface area contributed by atoms with E-state index in [4.69, 9.17) is 9.57 Å². The summed E-state index contributed by atoms with van der Waals surface area (Å²) >= 11 is 0. The molecular weight excluding hydrogens is 478 g/mol. The Labute approximate surface area is 215 Å². The van der Waals surface area contributed by atoms with Gasteiger partial charge in [0, 0.05) is 13.0 Å². The maximum absolute atomic E-state index is 13.8. The summed E-state index contributed by atoms with van der Waals surface area (Å²) in [6, 6.07) is 15.2. The standard InChI is InChI=1S/C27H33N3O7/c1-3-18(2)36-27(35)30-24-16-28(14-13-19-9-11-21(32)12-10-19)25(33)22(15-20-7-5-4-6-8-20)29(24)26(34)23(17-31)37-30/h4-12,18,22-24,31-32H,3,13-17H2,1-2H3/t18?,22-,23+,24?/m0/s1. The van der Waals surface area contributed by atoms with E-state index < -0.39 is 36.9 Å². The number of hydrogen-bond donors (Lipinski definition) is 2. The molecule has 2 saturated heterocycles. The van der Waals surface area contributed by atoms with Crippen LogP contribution in [-0.4, -0.2) is 87.1 Å². The van der Waals surface area contributed by atoms with Crippen molar-refractivity contribution in [2.75, 3.05) is 19.7 Å². The highest BCUT2D eigenvalue weighted by Gasteiger charge is 2.53. The van der Waals surface area contributed by atoms with E-state index in [9.17, 15) is 24.6 Å². The van der Waals surface area contributed by atoms with Crippen LogP contribution in [0.4, 0.5) is 4.79 Å². The molecule has 0 radical (unpaired) electrons. The Morgan fingerprint density at radius 1 is 1.08 bits per heavy atom. The summed E-state index contributed by atoms with van der Waals surface area (Å²) in [5.74, 6) is -0.642. The molecule has 10 nitrogen and oxygen atoms in total. The van der Waals surface area contributed by atoms with Crippen molar-refractivity contribution >= 4 is 17.9 Å². The molecule has 2 aromatic carbocycles. The van der Waals surface area contributed by atoms with Crippen molar-refractivity contribution < 1.29 is 34.2 Å². The van der Waals surface area contributed by atoms with E-state index >= 15 is 0 Å². The molecule has 0 bridgehead atoms. The van der Waals surface area contributed by atoms with Crippen LogP contribution in [0, 0.1) is 0 Å². The number of hydroxylamine groups is 2. The smallest absolute Gasteiger partial charge is 0.436 e. The summed E-state index contributed by atoms with van der Waals surface area (Å²) in [4.78, 5) is 48.8. The van der Waals surface area contributed by atoms with Crippen molar-refractivity contribution in [3.05, 3.63) is 65.7 Å². The molecule has 2 aliphatic rings. The van der Waals surface area contributed by atoms with E-state index in [0.717, 1.165) is 16.2 Å². The fourth-order valence-corrected chi connectivity index (χ4v) is 4.55. The summed E-state index contributed by atoms with van der Waals surface area (Å²) in [5.41, 5.74) is 1.78. The molecule has 0 spiro atoms. The van der Waals surface area contributed by atoms with Gasteiger partial charge in [0.05, 0.1) is 13.2 Å². The minimum Gasteiger partial charge on any atom is -0.508 e. The predicted molar refractivity (Wildman–Crippen MR) is 133 cm³/mol. The van der Waals surface area contributed by atoms with Gasteiger partial charge in [0.1, 0.15) is 17.9 Å². The molecule has 198 valence electrons. The Balaban J connectivity index is 1.65. The molecule has 2 N–H and O–H groups in total. The van der Waals surface area contributed by atoms with Crippen LogP contribution in [-0.2, 0) is 32.0 Å². The van der Waals surface area contributed by atoms with E-state index in [2.05, 4.69) is 0 Å². The van der Waals surface area contributed by atoms with Gasteiger partial charge in [-0.25, -0.2) is 4.79 Å². The highest BCUT2D eigenvalue weighted by atomic mass is 16.7. The number of carbonyl (C=O) groups is 3. The highest BCUT2D eigenvalue weighted by molar-refractivity contribution is 5.92. The zero-order chi connectivity index (χ0) is 26.5. The van der Waals surface area contributed by atoms with Gasteiger partial charge >= 0.3 is 6.09 Å². The minimum absolute atomic E-state index is 0.0295. The molecule has 2 aliphatic heterocycles. The maximum Gasteiger partial charge on any atom is 0.436 e. The van der Waals surface area contributed by atoms with Crippen molar-refractivity contribution in [1.82, 2.24) is 14.9 Å². The zero-order valence-corrected chi connectivity index (χ0v) is 21.0. The lowest BCUT2D eigenvalue weighted by Crippen LogP contribution is -2.74. The number of hydrogen-bond acceptors (Lipinski definition) is 7. The minimum atomic E-state index is -1.32. The number of ether oxygens (including phenoxy) is 1. The third kappa shape index (κ3) is 5.86. The van der Waals surface area contributed by atoms with Crippen LogP contribution in [0.15, 0.2) is 54.6 Å². The third-order valence-electron chi connectivity index (χ3n) is 6.78. The molecular formula is C27H33N3O7. The molecule has 4 atom stereocenters. The fraction of sp³-hybridized carbons (Fsp3) is 0.444. The number of rotatable bonds is 8. The number of aliphatic hydroxyl groups is 1. The lowest BCUT2D eigenvalue weighted by molar-refractivity contribution is -0.271. The number of benzene rings is 2. The number of amides is 3. The highest BCUT2D eigenvalue weighted by Crippen LogP contribution is 2.30. The largest absolute Gasteiger partial charge is 0.508 e. The number of phenols is 1. The molecule has 4 rings (SSSR count). The van der Waals surface area contributed by atoms with E-state index in [1.807, 2.05) is 37.3 Å². The first-order valence-corrected chi connectivity index (χ1v) is 12.5. The summed E-state index contributed by atoms with van der Waals surface area (Å²) in [6.07, 6.45) is -2.06. The average molecular weight is 512 g/mol. The SMILES string of the molecule is CCC(C)OC(=O)N1O[C@H](CO)C(=O)N2C1CN(CCc1ccc(O)cc1)C(=O)[C@@H]2Cc1ccccc1. The molecule has 0 aromatic heterocycles. The molecule has 0 aliphatic carbocycles. The van der Waals surface area contributed by atoms with Crippen molar-refractivity contribution in [3.63, 3.8) is 0 Å². The first kappa shape index (κ1) is 26.4. The quantitative estimate of drug-likeness (QED) is 0.557. The van der Waals surface area contributed by atoms with Crippen LogP contribution < -0.4 is 0 Å². The Morgan fingerprint density at radius 2 is 1.78 bits per heavy atom. The number of fused-ring (bicyclic) bond motifs is 1. The molecule has 10 heteroatoms. The summed E-state index contributed by atoms with van der Waals surface area (Å²) in [7, 11) is 0. The van der Waals surface area contributed by atoms with Crippen LogP contribution in [0.1, 0.15) is 31.4 Å². The third-order valence-corrected chi connectivity index (χ3v) is 6.78. The van der Waals surface area contributed by atoms with Crippen LogP contribution in [0.2, 0.25) is 0 Å². The average Bonchev–Trinajstić information content (AvgIpc) is 2.90. The van der Waals surface area contributed by atoms with Crippen molar-refractivity contribution in [2.45, 2.75) is 57.5 Å². The lowest BCUT2D eigenvalue weighted by Gasteiger charge is -2.52. The zero-order valence-electron chi connectivity index (χ0n) is 21.0. The summed E-state index contributed by atoms with van der Waals surface area (Å²) < 4.78 is 5.49. The molecule has 37 heavy (non-hydrogen) atoms. The second-order valence-electron chi connectivity index (χ2n) is 9.34. The van der Waals surface area contributed by atoms with Gasteiger partial charge in [-0.3, -0.25) is 14.4 Å². The normalized spacial score (nSPS) is 22.6. The Hall–Kier alpha value is -3.63. The number of aliphatic hydroxyl groups excluding tert-OH is 1. The van der Waals surface area contributed by atoms with Crippen LogP contribution in [0.5, 0.6) is 5.75 Å². The molecule has 2 fully saturated rings. The summed E-state index contributed by atoms with van der Waals surface area (Å²) in [5, 5.41) is 20.4. The Bertz CT molecular complexity index is 1090. The first-order chi connectivity index (χ1) is 17.8. The lowest BCUT2D eigenvalue weighted by atomic mass is 9.98. The maximum atomic E-state index is 13.8. The van der Waals surface area contributed by atoms with Gasteiger partial charge in [-0.1, -0.05) is 49.4 Å². The molecule has 0 saturated carbocycles. The number of aromatic hydroxyl groups is 1. The van der Waals surface area contributed by atoms with Gasteiger partial charge < -0.3 is 24.7 Å². The van der Waals surface area contributed by atoms with Gasteiger partial charge in [0.15, 0.2) is 12.3 Å². The second-order valence-corrected chi connectivity index (χ2v) is 9.34. The van der Waals surface area contributed by atoms with Crippen molar-refractivity contribution in [2.24, 2.45) is 0 Å². The van der Waals surface area contributed by atoms with Crippen molar-refractivity contribution in [1.29, 1.82) is 0 Å². The topological polar surface area (TPSA) is 120 Å². The number of piperazine rings is 1. The fourth-order valence-electron chi connectivity index (χ4n) is 4.55. The van der Waals surface area contributed by atoms with Crippen LogP contribution >= 0.6 is 0 Å². The van der Waals surface area contributed by atoms with E-state index in [0.29, 0.717) is 19.4 Å². The van der Waals surface area contributed by atoms with Crippen LogP contribution in [0.25, 0.3) is 0 Å². The van der Waals surface area contributed by atoms with Crippen molar-refractivity contribution in [3.8, 4) is 5.75 Å². The number of carbonyl (C=O) groups excluding carboxylic acids is 3. The number of nitrogens with zero attached hydrogens (tertiary/aromatic N) is 3. The summed E-state index contributed by atoms with van der Waals surface area (Å²) in [6.45, 7) is 3.35. The molecule has 2 aromatic rings. The van der Waals surface area contributed by atoms with E-state index in [1.54, 1.807) is 36.1 Å². The second kappa shape index (κ2) is 11.6. The molecule has 2 heterocycles. The Morgan fingerprint density at radius 3 is 2.43 bits per heavy atom. The van der Waals surface area contributed by atoms with E-state index in [-0.39, 0.29) is 30.7 Å². The first-order valence-electron chi connectivity index (χ1n) is 12.5. The van der Waals surface area contributed by atoms with E-state index in [1.165, 1.54) is 4.90 Å². The van der Waals surface area contributed by atoms with Gasteiger partial charge in [0.25, 0.3) is 5.91 Å². The van der Waals surface area contributed by atoms with Gasteiger partial charge in [0.2, 0.25) is 5.91 Å². The molecule has 3 amide bonds. The van der Waals surface area contributed by atoms with Gasteiger partial charge in [-0.2, -0.15) is 5.06 Å².